The summed E-state index contributed by atoms with van der Waals surface area (Å²) in [5, 5.41) is 0. The van der Waals surface area contributed by atoms with Crippen molar-refractivity contribution in [3.05, 3.63) is 0 Å². The van der Waals surface area contributed by atoms with E-state index in [0.717, 1.165) is 18.7 Å². The van der Waals surface area contributed by atoms with Gasteiger partial charge in [-0.05, 0) is 17.3 Å². The summed E-state index contributed by atoms with van der Waals surface area (Å²) >= 11 is 0. The molecule has 2 aliphatic rings. The van der Waals surface area contributed by atoms with Crippen LogP contribution in [-0.2, 0) is 4.79 Å². The Labute approximate surface area is 69.6 Å². The van der Waals surface area contributed by atoms with Gasteiger partial charge in [0, 0.05) is 6.54 Å². The van der Waals surface area contributed by atoms with Crippen molar-refractivity contribution in [2.24, 2.45) is 17.3 Å². The average Bonchev–Trinajstić information content (AvgIpc) is 2.38. The molecule has 0 spiro atoms. The van der Waals surface area contributed by atoms with Crippen molar-refractivity contribution in [3.8, 4) is 0 Å². The van der Waals surface area contributed by atoms with Gasteiger partial charge in [0.2, 0.25) is 0 Å². The highest BCUT2D eigenvalue weighted by Gasteiger charge is 2.65. The zero-order valence-electron chi connectivity index (χ0n) is 6.95. The van der Waals surface area contributed by atoms with E-state index in [1.807, 2.05) is 0 Å². The molecule has 2 fully saturated rings. The van der Waals surface area contributed by atoms with Crippen molar-refractivity contribution in [2.75, 3.05) is 6.54 Å². The summed E-state index contributed by atoms with van der Waals surface area (Å²) in [5.41, 5.74) is 0.429. The SMILES string of the molecule is CC1(C)C2CN(P)[C@@H](C=O)C21. The molecule has 0 N–H and O–H groups in total. The maximum atomic E-state index is 10.7. The lowest BCUT2D eigenvalue weighted by Gasteiger charge is -2.21. The first-order valence-corrected chi connectivity index (χ1v) is 4.57. The molecule has 0 radical (unpaired) electrons. The lowest BCUT2D eigenvalue weighted by Crippen LogP contribution is -2.29. The number of fused-ring (bicyclic) bond motifs is 1. The molecule has 3 heteroatoms. The van der Waals surface area contributed by atoms with E-state index in [2.05, 4.69) is 27.9 Å². The van der Waals surface area contributed by atoms with Crippen LogP contribution in [0.2, 0.25) is 0 Å². The first kappa shape index (κ1) is 7.70. The molecule has 0 aromatic carbocycles. The van der Waals surface area contributed by atoms with E-state index in [9.17, 15) is 4.79 Å². The van der Waals surface area contributed by atoms with E-state index in [1.54, 1.807) is 0 Å². The number of carbonyl (C=O) groups excluding carboxylic acids is 1. The average molecular weight is 171 g/mol. The van der Waals surface area contributed by atoms with Gasteiger partial charge in [0.1, 0.15) is 6.29 Å². The van der Waals surface area contributed by atoms with Crippen molar-refractivity contribution < 1.29 is 4.79 Å². The van der Waals surface area contributed by atoms with Crippen LogP contribution in [0, 0.1) is 17.3 Å². The molecule has 3 unspecified atom stereocenters. The van der Waals surface area contributed by atoms with Gasteiger partial charge >= 0.3 is 0 Å². The predicted molar refractivity (Wildman–Crippen MR) is 47.0 cm³/mol. The van der Waals surface area contributed by atoms with E-state index < -0.39 is 0 Å². The van der Waals surface area contributed by atoms with Crippen LogP contribution in [0.5, 0.6) is 0 Å². The second kappa shape index (κ2) is 2.05. The van der Waals surface area contributed by atoms with Crippen molar-refractivity contribution in [1.29, 1.82) is 0 Å². The molecule has 1 aliphatic carbocycles. The zero-order valence-corrected chi connectivity index (χ0v) is 8.10. The first-order chi connectivity index (χ1) is 5.09. The Bertz CT molecular complexity index is 204. The number of rotatable bonds is 1. The van der Waals surface area contributed by atoms with Gasteiger partial charge in [-0.15, -0.1) is 0 Å². The van der Waals surface area contributed by atoms with Gasteiger partial charge in [-0.1, -0.05) is 23.2 Å². The van der Waals surface area contributed by atoms with Gasteiger partial charge in [0.25, 0.3) is 0 Å². The summed E-state index contributed by atoms with van der Waals surface area (Å²) in [6.45, 7) is 5.60. The number of carbonyl (C=O) groups is 1. The quantitative estimate of drug-likeness (QED) is 0.432. The lowest BCUT2D eigenvalue weighted by molar-refractivity contribution is -0.111. The number of hydrogen-bond donors (Lipinski definition) is 0. The molecule has 4 atom stereocenters. The Hall–Kier alpha value is 0.0600. The van der Waals surface area contributed by atoms with Crippen LogP contribution >= 0.6 is 9.39 Å². The Morgan fingerprint density at radius 1 is 1.64 bits per heavy atom. The molecule has 2 nitrogen and oxygen atoms in total. The Kier molecular flexibility index (Phi) is 1.44. The minimum Gasteiger partial charge on any atom is -0.302 e. The molecule has 1 aliphatic heterocycles. The second-order valence-electron chi connectivity index (χ2n) is 4.28. The highest BCUT2D eigenvalue weighted by atomic mass is 31.0. The molecule has 0 bridgehead atoms. The van der Waals surface area contributed by atoms with Crippen LogP contribution in [0.1, 0.15) is 13.8 Å². The maximum absolute atomic E-state index is 10.7. The van der Waals surface area contributed by atoms with Crippen LogP contribution in [0.25, 0.3) is 0 Å². The largest absolute Gasteiger partial charge is 0.302 e. The number of nitrogens with zero attached hydrogens (tertiary/aromatic N) is 1. The van der Waals surface area contributed by atoms with E-state index in [1.165, 1.54) is 0 Å². The Morgan fingerprint density at radius 3 is 2.64 bits per heavy atom. The summed E-state index contributed by atoms with van der Waals surface area (Å²) in [5.74, 6) is 1.38. The van der Waals surface area contributed by atoms with Gasteiger partial charge < -0.3 is 4.79 Å². The highest BCUT2D eigenvalue weighted by molar-refractivity contribution is 7.13. The smallest absolute Gasteiger partial charge is 0.137 e. The van der Waals surface area contributed by atoms with Gasteiger partial charge in [-0.2, -0.15) is 0 Å². The zero-order chi connectivity index (χ0) is 8.22. The lowest BCUT2D eigenvalue weighted by atomic mass is 10.0. The van der Waals surface area contributed by atoms with Crippen molar-refractivity contribution >= 4 is 15.7 Å². The third-order valence-corrected chi connectivity index (χ3v) is 3.99. The Morgan fingerprint density at radius 2 is 2.27 bits per heavy atom. The Balaban J connectivity index is 2.16. The molecular formula is C8H14NOP. The molecule has 0 aromatic rings. The molecule has 62 valence electrons. The monoisotopic (exact) mass is 171 g/mol. The molecule has 1 saturated heterocycles. The molecule has 1 saturated carbocycles. The van der Waals surface area contributed by atoms with Gasteiger partial charge in [0.05, 0.1) is 6.04 Å². The minimum absolute atomic E-state index is 0.167. The maximum Gasteiger partial charge on any atom is 0.137 e. The van der Waals surface area contributed by atoms with Crippen LogP contribution in [0.15, 0.2) is 0 Å². The fourth-order valence-corrected chi connectivity index (χ4v) is 3.01. The van der Waals surface area contributed by atoms with Crippen LogP contribution in [0.3, 0.4) is 0 Å². The molecule has 11 heavy (non-hydrogen) atoms. The fraction of sp³-hybridized carbons (Fsp3) is 0.875. The fourth-order valence-electron chi connectivity index (χ4n) is 2.53. The molecule has 1 heterocycles. The topological polar surface area (TPSA) is 20.3 Å². The number of hydrogen-bond acceptors (Lipinski definition) is 2. The van der Waals surface area contributed by atoms with E-state index >= 15 is 0 Å². The number of aldehydes is 1. The summed E-state index contributed by atoms with van der Waals surface area (Å²) in [6.07, 6.45) is 1.09. The van der Waals surface area contributed by atoms with Gasteiger partial charge in [-0.25, -0.2) is 0 Å². The standard InChI is InChI=1S/C8H14NOP/c1-8(2)5-3-9(11)6(4-10)7(5)8/h4-7H,3,11H2,1-2H3/t5?,6-,7?/m0/s1. The summed E-state index contributed by atoms with van der Waals surface area (Å²) in [4.78, 5) is 10.7. The van der Waals surface area contributed by atoms with Crippen LogP contribution in [0.4, 0.5) is 0 Å². The van der Waals surface area contributed by atoms with Crippen molar-refractivity contribution in [2.45, 2.75) is 19.9 Å². The van der Waals surface area contributed by atoms with Crippen LogP contribution < -0.4 is 0 Å². The first-order valence-electron chi connectivity index (χ1n) is 4.05. The van der Waals surface area contributed by atoms with E-state index in [4.69, 9.17) is 0 Å². The van der Waals surface area contributed by atoms with Crippen molar-refractivity contribution in [1.82, 2.24) is 4.67 Å². The minimum atomic E-state index is 0.167. The summed E-state index contributed by atoms with van der Waals surface area (Å²) in [7, 11) is 2.64. The van der Waals surface area contributed by atoms with E-state index in [0.29, 0.717) is 11.3 Å². The highest BCUT2D eigenvalue weighted by Crippen LogP contribution is 2.64. The molecule has 0 amide bonds. The third kappa shape index (κ3) is 0.830. The number of piperidine rings is 1. The normalized spacial score (nSPS) is 47.0. The molecular weight excluding hydrogens is 157 g/mol. The third-order valence-electron chi connectivity index (χ3n) is 3.44. The summed E-state index contributed by atoms with van der Waals surface area (Å²) < 4.78 is 2.09. The predicted octanol–water partition coefficient (Wildman–Crippen LogP) is 0.932. The second-order valence-corrected chi connectivity index (χ2v) is 4.94. The van der Waals surface area contributed by atoms with Crippen LogP contribution in [-0.4, -0.2) is 23.5 Å². The van der Waals surface area contributed by atoms with Gasteiger partial charge in [0.15, 0.2) is 0 Å². The van der Waals surface area contributed by atoms with E-state index in [-0.39, 0.29) is 6.04 Å². The molecule has 0 aromatic heterocycles. The van der Waals surface area contributed by atoms with Crippen molar-refractivity contribution in [3.63, 3.8) is 0 Å². The molecule has 2 rings (SSSR count). The van der Waals surface area contributed by atoms with Gasteiger partial charge in [-0.3, -0.25) is 4.67 Å². The summed E-state index contributed by atoms with van der Waals surface area (Å²) in [6, 6.07) is 0.167.